The van der Waals surface area contributed by atoms with E-state index in [1.54, 1.807) is 14.2 Å². The van der Waals surface area contributed by atoms with E-state index >= 15 is 0 Å². The summed E-state index contributed by atoms with van der Waals surface area (Å²) < 4.78 is 10.7. The van der Waals surface area contributed by atoms with Crippen LogP contribution in [0.1, 0.15) is 30.5 Å². The number of methoxy groups -OCH3 is 2. The fourth-order valence-corrected chi connectivity index (χ4v) is 2.65. The number of primary amides is 1. The lowest BCUT2D eigenvalue weighted by atomic mass is 9.88. The predicted octanol–water partition coefficient (Wildman–Crippen LogP) is 1.40. The zero-order valence-corrected chi connectivity index (χ0v) is 12.2. The highest BCUT2D eigenvalue weighted by Gasteiger charge is 2.25. The van der Waals surface area contributed by atoms with Crippen LogP contribution in [0.2, 0.25) is 0 Å². The molecule has 1 amide bonds. The smallest absolute Gasteiger partial charge is 0.220 e. The summed E-state index contributed by atoms with van der Waals surface area (Å²) in [6.07, 6.45) is 1.63. The molecule has 1 aromatic rings. The third kappa shape index (κ3) is 2.88. The van der Waals surface area contributed by atoms with Crippen molar-refractivity contribution >= 4 is 5.91 Å². The molecule has 0 fully saturated rings. The highest BCUT2D eigenvalue weighted by molar-refractivity contribution is 5.76. The van der Waals surface area contributed by atoms with E-state index in [9.17, 15) is 4.79 Å². The van der Waals surface area contributed by atoms with Gasteiger partial charge in [-0.2, -0.15) is 0 Å². The number of nitrogens with one attached hydrogen (secondary N) is 1. The topological polar surface area (TPSA) is 73.6 Å². The molecular weight excluding hydrogens is 256 g/mol. The summed E-state index contributed by atoms with van der Waals surface area (Å²) in [7, 11) is 3.26. The van der Waals surface area contributed by atoms with Gasteiger partial charge in [0.2, 0.25) is 5.91 Å². The third-order valence-corrected chi connectivity index (χ3v) is 3.88. The second kappa shape index (κ2) is 6.13. The summed E-state index contributed by atoms with van der Waals surface area (Å²) in [4.78, 5) is 11.3. The molecule has 0 radical (unpaired) electrons. The maximum Gasteiger partial charge on any atom is 0.220 e. The van der Waals surface area contributed by atoms with E-state index in [-0.39, 0.29) is 17.9 Å². The number of rotatable bonds is 5. The molecule has 0 aromatic heterocycles. The number of hydrogen-bond donors (Lipinski definition) is 2. The van der Waals surface area contributed by atoms with Crippen molar-refractivity contribution in [3.8, 4) is 11.5 Å². The monoisotopic (exact) mass is 278 g/mol. The minimum absolute atomic E-state index is 0.126. The molecule has 5 nitrogen and oxygen atoms in total. The van der Waals surface area contributed by atoms with E-state index in [0.717, 1.165) is 18.7 Å². The van der Waals surface area contributed by atoms with E-state index < -0.39 is 0 Å². The van der Waals surface area contributed by atoms with Crippen LogP contribution in [-0.2, 0) is 11.2 Å². The SMILES string of the molecule is COc1cc2c(cc1OC)C(CC(C)C(N)=O)NCC2. The van der Waals surface area contributed by atoms with Gasteiger partial charge in [0, 0.05) is 12.0 Å². The summed E-state index contributed by atoms with van der Waals surface area (Å²) in [5, 5.41) is 3.45. The number of carbonyl (C=O) groups excluding carboxylic acids is 1. The Kier molecular flexibility index (Phi) is 4.49. The Hall–Kier alpha value is -1.75. The Balaban J connectivity index is 2.32. The molecule has 2 rings (SSSR count). The zero-order valence-electron chi connectivity index (χ0n) is 12.2. The number of benzene rings is 1. The Bertz CT molecular complexity index is 502. The fraction of sp³-hybridized carbons (Fsp3) is 0.533. The molecule has 0 bridgehead atoms. The van der Waals surface area contributed by atoms with Crippen LogP contribution in [0, 0.1) is 5.92 Å². The number of carbonyl (C=O) groups is 1. The molecule has 0 saturated heterocycles. The molecule has 2 atom stereocenters. The van der Waals surface area contributed by atoms with Crippen LogP contribution in [0.5, 0.6) is 11.5 Å². The predicted molar refractivity (Wildman–Crippen MR) is 77.0 cm³/mol. The zero-order chi connectivity index (χ0) is 14.7. The highest BCUT2D eigenvalue weighted by Crippen LogP contribution is 2.36. The van der Waals surface area contributed by atoms with Crippen molar-refractivity contribution in [2.45, 2.75) is 25.8 Å². The molecule has 0 spiro atoms. The molecular formula is C15H22N2O3. The second-order valence-electron chi connectivity index (χ2n) is 5.20. The van der Waals surface area contributed by atoms with Crippen molar-refractivity contribution < 1.29 is 14.3 Å². The first-order chi connectivity index (χ1) is 9.56. The Labute approximate surface area is 119 Å². The molecule has 1 aromatic carbocycles. The summed E-state index contributed by atoms with van der Waals surface area (Å²) in [6, 6.07) is 4.15. The van der Waals surface area contributed by atoms with Gasteiger partial charge in [-0.1, -0.05) is 6.92 Å². The van der Waals surface area contributed by atoms with Gasteiger partial charge in [-0.25, -0.2) is 0 Å². The fourth-order valence-electron chi connectivity index (χ4n) is 2.65. The Morgan fingerprint density at radius 3 is 2.65 bits per heavy atom. The molecule has 20 heavy (non-hydrogen) atoms. The largest absolute Gasteiger partial charge is 0.493 e. The molecule has 1 heterocycles. The lowest BCUT2D eigenvalue weighted by molar-refractivity contribution is -0.121. The molecule has 1 aliphatic rings. The average molecular weight is 278 g/mol. The van der Waals surface area contributed by atoms with E-state index in [4.69, 9.17) is 15.2 Å². The lowest BCUT2D eigenvalue weighted by Crippen LogP contribution is -2.33. The van der Waals surface area contributed by atoms with Gasteiger partial charge in [-0.3, -0.25) is 4.79 Å². The number of amides is 1. The summed E-state index contributed by atoms with van der Waals surface area (Å²) >= 11 is 0. The Morgan fingerprint density at radius 2 is 2.05 bits per heavy atom. The number of hydrogen-bond acceptors (Lipinski definition) is 4. The quantitative estimate of drug-likeness (QED) is 0.854. The van der Waals surface area contributed by atoms with Gasteiger partial charge in [0.15, 0.2) is 11.5 Å². The third-order valence-electron chi connectivity index (χ3n) is 3.88. The molecule has 0 aliphatic carbocycles. The van der Waals surface area contributed by atoms with E-state index in [1.165, 1.54) is 11.1 Å². The van der Waals surface area contributed by atoms with Gasteiger partial charge >= 0.3 is 0 Å². The molecule has 2 unspecified atom stereocenters. The van der Waals surface area contributed by atoms with Gasteiger partial charge in [-0.05, 0) is 42.6 Å². The normalized spacial score (nSPS) is 19.1. The van der Waals surface area contributed by atoms with Crippen molar-refractivity contribution in [1.29, 1.82) is 0 Å². The first-order valence-electron chi connectivity index (χ1n) is 6.84. The van der Waals surface area contributed by atoms with Gasteiger partial charge in [-0.15, -0.1) is 0 Å². The van der Waals surface area contributed by atoms with Crippen molar-refractivity contribution in [2.75, 3.05) is 20.8 Å². The van der Waals surface area contributed by atoms with Crippen LogP contribution in [0.15, 0.2) is 12.1 Å². The van der Waals surface area contributed by atoms with Gasteiger partial charge in [0.25, 0.3) is 0 Å². The lowest BCUT2D eigenvalue weighted by Gasteiger charge is -2.29. The number of ether oxygens (including phenoxy) is 2. The molecule has 3 N–H and O–H groups in total. The van der Waals surface area contributed by atoms with Gasteiger partial charge in [0.05, 0.1) is 14.2 Å². The van der Waals surface area contributed by atoms with E-state index in [2.05, 4.69) is 5.32 Å². The van der Waals surface area contributed by atoms with Gasteiger partial charge in [0.1, 0.15) is 0 Å². The van der Waals surface area contributed by atoms with Crippen LogP contribution in [0.4, 0.5) is 0 Å². The average Bonchev–Trinajstić information content (AvgIpc) is 2.45. The molecule has 5 heteroatoms. The highest BCUT2D eigenvalue weighted by atomic mass is 16.5. The maximum absolute atomic E-state index is 11.3. The van der Waals surface area contributed by atoms with Crippen molar-refractivity contribution in [1.82, 2.24) is 5.32 Å². The number of fused-ring (bicyclic) bond motifs is 1. The molecule has 0 saturated carbocycles. The molecule has 1 aliphatic heterocycles. The van der Waals surface area contributed by atoms with Gasteiger partial charge < -0.3 is 20.5 Å². The minimum Gasteiger partial charge on any atom is -0.493 e. The summed E-state index contributed by atoms with van der Waals surface area (Å²) in [5.74, 6) is 1.03. The second-order valence-corrected chi connectivity index (χ2v) is 5.20. The first kappa shape index (κ1) is 14.7. The van der Waals surface area contributed by atoms with Crippen LogP contribution >= 0.6 is 0 Å². The first-order valence-corrected chi connectivity index (χ1v) is 6.84. The van der Waals surface area contributed by atoms with Crippen molar-refractivity contribution in [3.05, 3.63) is 23.3 Å². The van der Waals surface area contributed by atoms with Crippen LogP contribution in [-0.4, -0.2) is 26.7 Å². The van der Waals surface area contributed by atoms with Crippen LogP contribution < -0.4 is 20.5 Å². The maximum atomic E-state index is 11.3. The summed E-state index contributed by atoms with van der Waals surface area (Å²) in [5.41, 5.74) is 7.77. The summed E-state index contributed by atoms with van der Waals surface area (Å²) in [6.45, 7) is 2.75. The minimum atomic E-state index is -0.264. The standard InChI is InChI=1S/C15H22N2O3/c1-9(15(16)18)6-12-11-8-14(20-3)13(19-2)7-10(11)4-5-17-12/h7-9,12,17H,4-6H2,1-3H3,(H2,16,18). The van der Waals surface area contributed by atoms with Crippen molar-refractivity contribution in [2.24, 2.45) is 11.7 Å². The number of nitrogens with two attached hydrogens (primary N) is 1. The van der Waals surface area contributed by atoms with Crippen molar-refractivity contribution in [3.63, 3.8) is 0 Å². The Morgan fingerprint density at radius 1 is 1.40 bits per heavy atom. The van der Waals surface area contributed by atoms with Crippen LogP contribution in [0.25, 0.3) is 0 Å². The molecule has 110 valence electrons. The van der Waals surface area contributed by atoms with Crippen LogP contribution in [0.3, 0.4) is 0 Å². The van der Waals surface area contributed by atoms with E-state index in [1.807, 2.05) is 19.1 Å². The van der Waals surface area contributed by atoms with E-state index in [0.29, 0.717) is 12.2 Å².